The lowest BCUT2D eigenvalue weighted by Crippen LogP contribution is -2.14. The summed E-state index contributed by atoms with van der Waals surface area (Å²) in [5.74, 6) is -0.308. The first-order valence-electron chi connectivity index (χ1n) is 7.34. The summed E-state index contributed by atoms with van der Waals surface area (Å²) in [6.45, 7) is 0. The molecule has 2 atom stereocenters. The molecule has 23 heavy (non-hydrogen) atoms. The van der Waals surface area contributed by atoms with Crippen molar-refractivity contribution in [2.45, 2.75) is 12.3 Å². The summed E-state index contributed by atoms with van der Waals surface area (Å²) in [7, 11) is 1.33. The molecule has 2 aromatic carbocycles. The van der Waals surface area contributed by atoms with Gasteiger partial charge in [-0.15, -0.1) is 0 Å². The maximum atomic E-state index is 12.3. The number of rotatable bonds is 4. The van der Waals surface area contributed by atoms with Crippen molar-refractivity contribution in [1.29, 1.82) is 0 Å². The van der Waals surface area contributed by atoms with E-state index in [0.717, 1.165) is 12.0 Å². The maximum absolute atomic E-state index is 12.3. The third-order valence-corrected chi connectivity index (χ3v) is 4.35. The predicted octanol–water partition coefficient (Wildman–Crippen LogP) is 3.87. The molecule has 1 aliphatic rings. The Kier molecular flexibility index (Phi) is 4.35. The first-order valence-corrected chi connectivity index (χ1v) is 7.71. The molecular formula is C18H16ClNO3. The lowest BCUT2D eigenvalue weighted by molar-refractivity contribution is -0.117. The number of carbonyl (C=O) groups is 2. The zero-order chi connectivity index (χ0) is 16.4. The number of nitrogens with one attached hydrogen (secondary N) is 1. The van der Waals surface area contributed by atoms with Gasteiger partial charge in [-0.3, -0.25) is 4.79 Å². The van der Waals surface area contributed by atoms with E-state index < -0.39 is 5.97 Å². The van der Waals surface area contributed by atoms with Crippen molar-refractivity contribution in [2.24, 2.45) is 5.92 Å². The molecule has 0 aliphatic heterocycles. The number of esters is 1. The number of amides is 1. The van der Waals surface area contributed by atoms with E-state index in [1.165, 1.54) is 7.11 Å². The number of hydrogen-bond donors (Lipinski definition) is 1. The second kappa shape index (κ2) is 6.42. The smallest absolute Gasteiger partial charge is 0.337 e. The zero-order valence-corrected chi connectivity index (χ0v) is 13.3. The van der Waals surface area contributed by atoms with E-state index in [2.05, 4.69) is 10.1 Å². The summed E-state index contributed by atoms with van der Waals surface area (Å²) in [6.07, 6.45) is 0.801. The lowest BCUT2D eigenvalue weighted by Gasteiger charge is -2.07. The van der Waals surface area contributed by atoms with Gasteiger partial charge in [0.25, 0.3) is 0 Å². The molecule has 1 N–H and O–H groups in total. The Morgan fingerprint density at radius 2 is 1.83 bits per heavy atom. The average molecular weight is 330 g/mol. The standard InChI is InChI=1S/C18H16ClNO3/c1-23-18(22)11-6-8-12(9-7-11)20-17(21)15-10-14(15)13-4-2-3-5-16(13)19/h2-9,14-15H,10H2,1H3,(H,20,21). The number of anilines is 1. The Hall–Kier alpha value is -2.33. The fraction of sp³-hybridized carbons (Fsp3) is 0.222. The SMILES string of the molecule is COC(=O)c1ccc(NC(=O)C2CC2c2ccccc2Cl)cc1. The van der Waals surface area contributed by atoms with Crippen molar-refractivity contribution < 1.29 is 14.3 Å². The number of halogens is 1. The highest BCUT2D eigenvalue weighted by Gasteiger charge is 2.44. The normalized spacial score (nSPS) is 19.0. The largest absolute Gasteiger partial charge is 0.465 e. The van der Waals surface area contributed by atoms with E-state index in [0.29, 0.717) is 16.3 Å². The summed E-state index contributed by atoms with van der Waals surface area (Å²) < 4.78 is 4.64. The minimum atomic E-state index is -0.399. The molecule has 0 aromatic heterocycles. The van der Waals surface area contributed by atoms with Crippen molar-refractivity contribution in [3.63, 3.8) is 0 Å². The highest BCUT2D eigenvalue weighted by molar-refractivity contribution is 6.31. The van der Waals surface area contributed by atoms with Gasteiger partial charge >= 0.3 is 5.97 Å². The lowest BCUT2D eigenvalue weighted by atomic mass is 10.1. The third-order valence-electron chi connectivity index (χ3n) is 4.01. The van der Waals surface area contributed by atoms with E-state index in [1.54, 1.807) is 24.3 Å². The van der Waals surface area contributed by atoms with Crippen LogP contribution < -0.4 is 5.32 Å². The molecule has 0 saturated heterocycles. The Labute approximate surface area is 139 Å². The van der Waals surface area contributed by atoms with Crippen LogP contribution in [0.4, 0.5) is 5.69 Å². The Balaban J connectivity index is 1.63. The third kappa shape index (κ3) is 3.37. The highest BCUT2D eigenvalue weighted by Crippen LogP contribution is 2.49. The van der Waals surface area contributed by atoms with Crippen LogP contribution in [0.3, 0.4) is 0 Å². The van der Waals surface area contributed by atoms with E-state index in [4.69, 9.17) is 11.6 Å². The average Bonchev–Trinajstić information content (AvgIpc) is 3.36. The van der Waals surface area contributed by atoms with Gasteiger partial charge in [-0.1, -0.05) is 29.8 Å². The second-order valence-corrected chi connectivity index (χ2v) is 5.94. The molecule has 5 heteroatoms. The minimum Gasteiger partial charge on any atom is -0.465 e. The van der Waals surface area contributed by atoms with E-state index in [-0.39, 0.29) is 17.7 Å². The zero-order valence-electron chi connectivity index (χ0n) is 12.6. The van der Waals surface area contributed by atoms with Crippen molar-refractivity contribution in [2.75, 3.05) is 12.4 Å². The van der Waals surface area contributed by atoms with E-state index in [1.807, 2.05) is 24.3 Å². The molecule has 4 nitrogen and oxygen atoms in total. The summed E-state index contributed by atoms with van der Waals surface area (Å²) in [5, 5.41) is 3.58. The van der Waals surface area contributed by atoms with Crippen LogP contribution in [0.15, 0.2) is 48.5 Å². The van der Waals surface area contributed by atoms with Gasteiger partial charge in [0.2, 0.25) is 5.91 Å². The fourth-order valence-corrected chi connectivity index (χ4v) is 2.92. The van der Waals surface area contributed by atoms with Crippen LogP contribution in [0.5, 0.6) is 0 Å². The van der Waals surface area contributed by atoms with Crippen LogP contribution in [-0.2, 0) is 9.53 Å². The molecule has 1 amide bonds. The summed E-state index contributed by atoms with van der Waals surface area (Å²) in [5.41, 5.74) is 2.13. The van der Waals surface area contributed by atoms with Gasteiger partial charge in [-0.2, -0.15) is 0 Å². The molecule has 0 heterocycles. The van der Waals surface area contributed by atoms with Crippen LogP contribution in [0, 0.1) is 5.92 Å². The molecule has 1 saturated carbocycles. The predicted molar refractivity (Wildman–Crippen MR) is 88.7 cm³/mol. The van der Waals surface area contributed by atoms with Crippen LogP contribution in [0.25, 0.3) is 0 Å². The molecule has 2 aromatic rings. The number of methoxy groups -OCH3 is 1. The number of carbonyl (C=O) groups excluding carboxylic acids is 2. The van der Waals surface area contributed by atoms with Crippen molar-refractivity contribution in [1.82, 2.24) is 0 Å². The van der Waals surface area contributed by atoms with Gasteiger partial charge in [0, 0.05) is 16.6 Å². The quantitative estimate of drug-likeness (QED) is 0.866. The van der Waals surface area contributed by atoms with Crippen molar-refractivity contribution in [3.8, 4) is 0 Å². The minimum absolute atomic E-state index is 0.0271. The van der Waals surface area contributed by atoms with Crippen LogP contribution in [0.1, 0.15) is 28.3 Å². The number of ether oxygens (including phenoxy) is 1. The summed E-state index contributed by atoms with van der Waals surface area (Å²) in [4.78, 5) is 23.7. The topological polar surface area (TPSA) is 55.4 Å². The van der Waals surface area contributed by atoms with Crippen molar-refractivity contribution >= 4 is 29.2 Å². The van der Waals surface area contributed by atoms with E-state index >= 15 is 0 Å². The van der Waals surface area contributed by atoms with Crippen LogP contribution in [-0.4, -0.2) is 19.0 Å². The highest BCUT2D eigenvalue weighted by atomic mass is 35.5. The van der Waals surface area contributed by atoms with Crippen LogP contribution in [0.2, 0.25) is 5.02 Å². The van der Waals surface area contributed by atoms with Gasteiger partial charge in [-0.25, -0.2) is 4.79 Å². The van der Waals surface area contributed by atoms with Gasteiger partial charge in [0.15, 0.2) is 0 Å². The molecule has 2 unspecified atom stereocenters. The van der Waals surface area contributed by atoms with Crippen molar-refractivity contribution in [3.05, 3.63) is 64.7 Å². The van der Waals surface area contributed by atoms with Gasteiger partial charge in [0.05, 0.1) is 12.7 Å². The Morgan fingerprint density at radius 1 is 1.13 bits per heavy atom. The molecule has 0 radical (unpaired) electrons. The second-order valence-electron chi connectivity index (χ2n) is 5.53. The van der Waals surface area contributed by atoms with Crippen LogP contribution >= 0.6 is 11.6 Å². The molecule has 0 bridgehead atoms. The molecule has 1 fully saturated rings. The molecule has 118 valence electrons. The van der Waals surface area contributed by atoms with Gasteiger partial charge in [-0.05, 0) is 48.2 Å². The number of benzene rings is 2. The summed E-state index contributed by atoms with van der Waals surface area (Å²) in [6, 6.07) is 14.3. The molecule has 1 aliphatic carbocycles. The monoisotopic (exact) mass is 329 g/mol. The summed E-state index contributed by atoms with van der Waals surface area (Å²) >= 11 is 6.17. The Morgan fingerprint density at radius 3 is 2.48 bits per heavy atom. The van der Waals surface area contributed by atoms with E-state index in [9.17, 15) is 9.59 Å². The maximum Gasteiger partial charge on any atom is 0.337 e. The first kappa shape index (κ1) is 15.6. The van der Waals surface area contributed by atoms with Gasteiger partial charge in [0.1, 0.15) is 0 Å². The fourth-order valence-electron chi connectivity index (χ4n) is 2.65. The Bertz CT molecular complexity index is 742. The number of hydrogen-bond acceptors (Lipinski definition) is 3. The first-order chi connectivity index (χ1) is 11.1. The molecule has 0 spiro atoms. The molecule has 3 rings (SSSR count). The van der Waals surface area contributed by atoms with Gasteiger partial charge < -0.3 is 10.1 Å². The molecular weight excluding hydrogens is 314 g/mol.